The van der Waals surface area contributed by atoms with Crippen molar-refractivity contribution in [3.63, 3.8) is 0 Å². The number of nitrogens with zero attached hydrogens (tertiary/aromatic N) is 3. The summed E-state index contributed by atoms with van der Waals surface area (Å²) >= 11 is 0. The van der Waals surface area contributed by atoms with Crippen molar-refractivity contribution in [2.24, 2.45) is 0 Å². The standard InChI is InChI=1S/C21H19F3N4O3/c1-12-16-9-14(10-25-20(16)31-27-12)19(30)26-17(11-28-7-3-6-18(28)29)13-4-2-5-15(8-13)21(22,23)24/h2,4-5,8-10,17H,3,6-7,11H2,1H3,(H,26,30)/t17-/m1/s1. The third-order valence-corrected chi connectivity index (χ3v) is 5.27. The van der Waals surface area contributed by atoms with Crippen LogP contribution in [-0.2, 0) is 11.0 Å². The van der Waals surface area contributed by atoms with E-state index in [0.29, 0.717) is 30.5 Å². The fourth-order valence-electron chi connectivity index (χ4n) is 3.59. The molecule has 162 valence electrons. The Hall–Kier alpha value is -3.43. The molecule has 1 N–H and O–H groups in total. The smallest absolute Gasteiger partial charge is 0.343 e. The van der Waals surface area contributed by atoms with Gasteiger partial charge >= 0.3 is 6.18 Å². The van der Waals surface area contributed by atoms with Gasteiger partial charge < -0.3 is 14.7 Å². The molecule has 1 aliphatic rings. The van der Waals surface area contributed by atoms with Gasteiger partial charge in [0.05, 0.1) is 28.2 Å². The number of carbonyl (C=O) groups is 2. The third kappa shape index (κ3) is 4.37. The van der Waals surface area contributed by atoms with Gasteiger partial charge in [-0.3, -0.25) is 9.59 Å². The lowest BCUT2D eigenvalue weighted by molar-refractivity contribution is -0.137. The molecule has 0 spiro atoms. The number of amides is 2. The normalized spacial score (nSPS) is 15.5. The number of halogens is 3. The highest BCUT2D eigenvalue weighted by Crippen LogP contribution is 2.31. The first-order valence-corrected chi connectivity index (χ1v) is 9.70. The van der Waals surface area contributed by atoms with Gasteiger partial charge in [-0.2, -0.15) is 13.2 Å². The van der Waals surface area contributed by atoms with Crippen LogP contribution in [0.5, 0.6) is 0 Å². The van der Waals surface area contributed by atoms with Crippen LogP contribution in [-0.4, -0.2) is 39.9 Å². The Balaban J connectivity index is 1.64. The van der Waals surface area contributed by atoms with Crippen LogP contribution in [0, 0.1) is 6.92 Å². The fourth-order valence-corrected chi connectivity index (χ4v) is 3.59. The highest BCUT2D eigenvalue weighted by atomic mass is 19.4. The maximum Gasteiger partial charge on any atom is 0.416 e. The molecular weight excluding hydrogens is 413 g/mol. The van der Waals surface area contributed by atoms with Crippen molar-refractivity contribution in [2.45, 2.75) is 32.0 Å². The van der Waals surface area contributed by atoms with E-state index in [1.807, 2.05) is 0 Å². The van der Waals surface area contributed by atoms with Crippen LogP contribution >= 0.6 is 0 Å². The van der Waals surface area contributed by atoms with E-state index in [9.17, 15) is 22.8 Å². The Bertz CT molecular complexity index is 1140. The molecule has 2 amide bonds. The summed E-state index contributed by atoms with van der Waals surface area (Å²) in [6, 6.07) is 5.50. The maximum atomic E-state index is 13.2. The predicted octanol–water partition coefficient (Wildman–Crippen LogP) is 3.64. The molecule has 1 fully saturated rings. The Morgan fingerprint density at radius 2 is 2.13 bits per heavy atom. The second kappa shape index (κ2) is 8.01. The van der Waals surface area contributed by atoms with Crippen molar-refractivity contribution in [1.29, 1.82) is 0 Å². The van der Waals surface area contributed by atoms with Crippen molar-refractivity contribution in [2.75, 3.05) is 13.1 Å². The summed E-state index contributed by atoms with van der Waals surface area (Å²) in [5.74, 6) is -0.613. The highest BCUT2D eigenvalue weighted by Gasteiger charge is 2.32. The van der Waals surface area contributed by atoms with E-state index in [1.165, 1.54) is 18.3 Å². The molecule has 2 aromatic heterocycles. The van der Waals surface area contributed by atoms with Crippen LogP contribution in [0.2, 0.25) is 0 Å². The summed E-state index contributed by atoms with van der Waals surface area (Å²) < 4.78 is 44.7. The summed E-state index contributed by atoms with van der Waals surface area (Å²) in [6.45, 7) is 2.28. The Morgan fingerprint density at radius 1 is 1.32 bits per heavy atom. The van der Waals surface area contributed by atoms with Gasteiger partial charge in [0, 0.05) is 25.7 Å². The second-order valence-corrected chi connectivity index (χ2v) is 7.44. The molecule has 1 aromatic carbocycles. The third-order valence-electron chi connectivity index (χ3n) is 5.27. The van der Waals surface area contributed by atoms with Gasteiger partial charge in [-0.1, -0.05) is 17.3 Å². The molecule has 31 heavy (non-hydrogen) atoms. The lowest BCUT2D eigenvalue weighted by Gasteiger charge is -2.26. The van der Waals surface area contributed by atoms with Crippen LogP contribution in [0.15, 0.2) is 41.1 Å². The topological polar surface area (TPSA) is 88.3 Å². The van der Waals surface area contributed by atoms with Crippen LogP contribution in [0.4, 0.5) is 13.2 Å². The van der Waals surface area contributed by atoms with Crippen molar-refractivity contribution >= 4 is 22.9 Å². The molecule has 1 atom stereocenters. The van der Waals surface area contributed by atoms with E-state index in [4.69, 9.17) is 4.52 Å². The SMILES string of the molecule is Cc1noc2ncc(C(=O)N[C@H](CN3CCCC3=O)c3cccc(C(F)(F)F)c3)cc12. The number of likely N-dealkylation sites (tertiary alicyclic amines) is 1. The quantitative estimate of drug-likeness (QED) is 0.665. The molecule has 0 bridgehead atoms. The molecule has 3 heterocycles. The first-order valence-electron chi connectivity index (χ1n) is 9.70. The molecule has 0 radical (unpaired) electrons. The number of aromatic nitrogens is 2. The summed E-state index contributed by atoms with van der Waals surface area (Å²) in [4.78, 5) is 30.6. The van der Waals surface area contributed by atoms with Gasteiger partial charge in [-0.15, -0.1) is 0 Å². The Morgan fingerprint density at radius 3 is 2.84 bits per heavy atom. The number of fused-ring (bicyclic) bond motifs is 1. The first kappa shape index (κ1) is 20.8. The van der Waals surface area contributed by atoms with E-state index >= 15 is 0 Å². The van der Waals surface area contributed by atoms with Gasteiger partial charge in [0.25, 0.3) is 11.6 Å². The van der Waals surface area contributed by atoms with Crippen molar-refractivity contribution < 1.29 is 27.3 Å². The minimum absolute atomic E-state index is 0.0772. The van der Waals surface area contributed by atoms with Crippen molar-refractivity contribution in [3.8, 4) is 0 Å². The van der Waals surface area contributed by atoms with Gasteiger partial charge in [-0.25, -0.2) is 4.98 Å². The molecule has 3 aromatic rings. The minimum atomic E-state index is -4.52. The first-order chi connectivity index (χ1) is 14.7. The van der Waals surface area contributed by atoms with Gasteiger partial charge in [0.15, 0.2) is 0 Å². The molecule has 7 nitrogen and oxygen atoms in total. The molecule has 1 aliphatic heterocycles. The van der Waals surface area contributed by atoms with E-state index in [-0.39, 0.29) is 29.3 Å². The van der Waals surface area contributed by atoms with Crippen LogP contribution in [0.1, 0.15) is 46.1 Å². The largest absolute Gasteiger partial charge is 0.416 e. The van der Waals surface area contributed by atoms with Gasteiger partial charge in [0.1, 0.15) is 0 Å². The second-order valence-electron chi connectivity index (χ2n) is 7.44. The predicted molar refractivity (Wildman–Crippen MR) is 104 cm³/mol. The number of pyridine rings is 1. The number of hydrogen-bond donors (Lipinski definition) is 1. The monoisotopic (exact) mass is 432 g/mol. The summed E-state index contributed by atoms with van der Waals surface area (Å²) in [6.07, 6.45) is -2.15. The molecule has 10 heteroatoms. The summed E-state index contributed by atoms with van der Waals surface area (Å²) in [7, 11) is 0. The number of rotatable bonds is 5. The average molecular weight is 432 g/mol. The lowest BCUT2D eigenvalue weighted by Crippen LogP contribution is -2.38. The minimum Gasteiger partial charge on any atom is -0.343 e. The Labute approximate surface area is 175 Å². The maximum absolute atomic E-state index is 13.2. The summed E-state index contributed by atoms with van der Waals surface area (Å²) in [5, 5.41) is 7.12. The Kier molecular flexibility index (Phi) is 5.38. The van der Waals surface area contributed by atoms with E-state index in [2.05, 4.69) is 15.5 Å². The van der Waals surface area contributed by atoms with Gasteiger partial charge in [0.2, 0.25) is 5.91 Å². The van der Waals surface area contributed by atoms with E-state index in [1.54, 1.807) is 17.9 Å². The molecule has 4 rings (SSSR count). The number of carbonyl (C=O) groups excluding carboxylic acids is 2. The zero-order chi connectivity index (χ0) is 22.2. The van der Waals surface area contributed by atoms with E-state index in [0.717, 1.165) is 12.1 Å². The lowest BCUT2D eigenvalue weighted by atomic mass is 10.0. The number of benzene rings is 1. The molecule has 0 unspecified atom stereocenters. The number of alkyl halides is 3. The average Bonchev–Trinajstić information content (AvgIpc) is 3.32. The highest BCUT2D eigenvalue weighted by molar-refractivity contribution is 5.97. The summed E-state index contributed by atoms with van der Waals surface area (Å²) in [5.41, 5.74) is 0.502. The van der Waals surface area contributed by atoms with Crippen molar-refractivity contribution in [1.82, 2.24) is 20.4 Å². The molecule has 0 saturated carbocycles. The molecule has 1 saturated heterocycles. The number of nitrogens with one attached hydrogen (secondary N) is 1. The zero-order valence-corrected chi connectivity index (χ0v) is 16.6. The molecule has 0 aliphatic carbocycles. The van der Waals surface area contributed by atoms with Crippen LogP contribution in [0.25, 0.3) is 11.1 Å². The molecular formula is C21H19F3N4O3. The number of aryl methyl sites for hydroxylation is 1. The number of hydrogen-bond acceptors (Lipinski definition) is 5. The van der Waals surface area contributed by atoms with Crippen molar-refractivity contribution in [3.05, 3.63) is 58.9 Å². The zero-order valence-electron chi connectivity index (χ0n) is 16.6. The van der Waals surface area contributed by atoms with Gasteiger partial charge in [-0.05, 0) is 37.1 Å². The van der Waals surface area contributed by atoms with Crippen LogP contribution in [0.3, 0.4) is 0 Å². The fraction of sp³-hybridized carbons (Fsp3) is 0.333. The van der Waals surface area contributed by atoms with E-state index < -0.39 is 23.7 Å². The van der Waals surface area contributed by atoms with Crippen LogP contribution < -0.4 is 5.32 Å².